The van der Waals surface area contributed by atoms with Gasteiger partial charge in [0.15, 0.2) is 0 Å². The van der Waals surface area contributed by atoms with E-state index >= 15 is 0 Å². The fourth-order valence-corrected chi connectivity index (χ4v) is 3.85. The number of hydrogen-bond acceptors (Lipinski definition) is 2. The molecule has 0 aromatic carbocycles. The molecule has 3 fully saturated rings. The van der Waals surface area contributed by atoms with E-state index in [1.165, 1.54) is 6.08 Å². The predicted molar refractivity (Wildman–Crippen MR) is 67.6 cm³/mol. The van der Waals surface area contributed by atoms with Crippen LogP contribution in [0.4, 0.5) is 0 Å². The molecule has 0 atom stereocenters. The summed E-state index contributed by atoms with van der Waals surface area (Å²) in [4.78, 5) is 12.2. The van der Waals surface area contributed by atoms with Gasteiger partial charge in [0.05, 0.1) is 6.07 Å². The van der Waals surface area contributed by atoms with Gasteiger partial charge in [0.1, 0.15) is 5.78 Å². The average molecular weight is 252 g/mol. The second-order valence-electron chi connectivity index (χ2n) is 6.46. The molecule has 0 aliphatic heterocycles. The van der Waals surface area contributed by atoms with E-state index in [1.807, 2.05) is 12.1 Å². The second-order valence-corrected chi connectivity index (χ2v) is 7.26. The third kappa shape index (κ3) is 2.26. The van der Waals surface area contributed by atoms with Crippen molar-refractivity contribution in [3.8, 4) is 6.07 Å². The van der Waals surface area contributed by atoms with Crippen LogP contribution in [0.25, 0.3) is 0 Å². The molecule has 0 aromatic heterocycles. The molecular weight excluding hydrogens is 234 g/mol. The Labute approximate surface area is 108 Å². The van der Waals surface area contributed by atoms with Gasteiger partial charge in [0, 0.05) is 22.8 Å². The summed E-state index contributed by atoms with van der Waals surface area (Å²) in [6.45, 7) is 4.16. The fourth-order valence-electron chi connectivity index (χ4n) is 3.08. The normalized spacial score (nSPS) is 34.9. The van der Waals surface area contributed by atoms with Crippen molar-refractivity contribution in [3.63, 3.8) is 0 Å². The average Bonchev–Trinajstić information content (AvgIpc) is 2.10. The van der Waals surface area contributed by atoms with Crippen molar-refractivity contribution in [2.75, 3.05) is 0 Å². The zero-order chi connectivity index (χ0) is 12.7. The molecule has 0 unspecified atom stereocenters. The van der Waals surface area contributed by atoms with Crippen molar-refractivity contribution < 1.29 is 4.79 Å². The van der Waals surface area contributed by atoms with Crippen molar-refractivity contribution in [2.24, 2.45) is 10.8 Å². The Hall–Kier alpha value is -0.810. The molecule has 3 aliphatic carbocycles. The largest absolute Gasteiger partial charge is 0.299 e. The summed E-state index contributed by atoms with van der Waals surface area (Å²) in [5.74, 6) is 0.371. The third-order valence-electron chi connectivity index (χ3n) is 4.06. The zero-order valence-corrected chi connectivity index (χ0v) is 11.2. The summed E-state index contributed by atoms with van der Waals surface area (Å²) in [6, 6.07) is 1.98. The highest BCUT2D eigenvalue weighted by Gasteiger charge is 2.70. The van der Waals surface area contributed by atoms with Crippen LogP contribution < -0.4 is 0 Å². The van der Waals surface area contributed by atoms with Crippen LogP contribution in [0.3, 0.4) is 0 Å². The highest BCUT2D eigenvalue weighted by molar-refractivity contribution is 6.27. The number of hydrogen-bond donors (Lipinski definition) is 0. The van der Waals surface area contributed by atoms with Crippen molar-refractivity contribution in [1.29, 1.82) is 5.26 Å². The maximum Gasteiger partial charge on any atom is 0.139 e. The number of carbonyl (C=O) groups is 1. The van der Waals surface area contributed by atoms with Crippen molar-refractivity contribution in [3.05, 3.63) is 12.2 Å². The van der Waals surface area contributed by atoms with Gasteiger partial charge in [-0.15, -0.1) is 11.6 Å². The maximum atomic E-state index is 12.2. The Kier molecular flexibility index (Phi) is 2.86. The lowest BCUT2D eigenvalue weighted by Gasteiger charge is -2.66. The van der Waals surface area contributed by atoms with Crippen LogP contribution in [0.5, 0.6) is 0 Å². The number of halogens is 1. The number of carbonyl (C=O) groups excluding carboxylic acids is 1. The Morgan fingerprint density at radius 1 is 1.47 bits per heavy atom. The van der Waals surface area contributed by atoms with Crippen LogP contribution in [0.2, 0.25) is 0 Å². The number of alkyl halides is 1. The minimum absolute atomic E-state index is 0.0273. The number of rotatable bonds is 5. The highest BCUT2D eigenvalue weighted by atomic mass is 35.5. The minimum Gasteiger partial charge on any atom is -0.299 e. The number of allylic oxidation sites excluding steroid dienone is 2. The quantitative estimate of drug-likeness (QED) is 0.553. The van der Waals surface area contributed by atoms with Crippen molar-refractivity contribution >= 4 is 17.4 Å². The van der Waals surface area contributed by atoms with Gasteiger partial charge in [0.25, 0.3) is 0 Å². The van der Waals surface area contributed by atoms with Gasteiger partial charge in [-0.1, -0.05) is 19.9 Å². The zero-order valence-electron chi connectivity index (χ0n) is 10.4. The summed E-state index contributed by atoms with van der Waals surface area (Å²) >= 11 is 6.18. The van der Waals surface area contributed by atoms with E-state index in [9.17, 15) is 4.79 Å². The third-order valence-corrected chi connectivity index (χ3v) is 4.46. The molecule has 92 valence electrons. The van der Waals surface area contributed by atoms with Gasteiger partial charge >= 0.3 is 0 Å². The SMILES string of the molecule is CC(C)(CC=CC#N)CC(=O)C12CC(Cl)(C1)C2. The smallest absolute Gasteiger partial charge is 0.139 e. The van der Waals surface area contributed by atoms with Gasteiger partial charge in [-0.3, -0.25) is 4.79 Å². The van der Waals surface area contributed by atoms with Gasteiger partial charge in [-0.2, -0.15) is 5.26 Å². The lowest BCUT2D eigenvalue weighted by atomic mass is 9.41. The van der Waals surface area contributed by atoms with Crippen LogP contribution in [0.1, 0.15) is 46.0 Å². The molecule has 17 heavy (non-hydrogen) atoms. The Balaban J connectivity index is 1.86. The molecule has 3 saturated carbocycles. The highest BCUT2D eigenvalue weighted by Crippen LogP contribution is 2.71. The molecule has 2 nitrogen and oxygen atoms in total. The van der Waals surface area contributed by atoms with E-state index in [4.69, 9.17) is 16.9 Å². The number of nitriles is 1. The van der Waals surface area contributed by atoms with Gasteiger partial charge in [0.2, 0.25) is 0 Å². The first-order chi connectivity index (χ1) is 7.81. The molecule has 0 N–H and O–H groups in total. The Morgan fingerprint density at radius 2 is 2.06 bits per heavy atom. The van der Waals surface area contributed by atoms with Crippen LogP contribution in [-0.4, -0.2) is 10.7 Å². The lowest BCUT2D eigenvalue weighted by molar-refractivity contribution is -0.158. The molecule has 0 heterocycles. The van der Waals surface area contributed by atoms with Crippen LogP contribution >= 0.6 is 11.6 Å². The summed E-state index contributed by atoms with van der Waals surface area (Å²) in [5, 5.41) is 8.44. The molecule has 2 bridgehead atoms. The van der Waals surface area contributed by atoms with Crippen LogP contribution in [0, 0.1) is 22.2 Å². The molecule has 0 saturated heterocycles. The van der Waals surface area contributed by atoms with Gasteiger partial charge in [-0.05, 0) is 31.1 Å². The molecule has 3 aliphatic rings. The second kappa shape index (κ2) is 3.85. The van der Waals surface area contributed by atoms with Crippen molar-refractivity contribution in [1.82, 2.24) is 0 Å². The first-order valence-electron chi connectivity index (χ1n) is 6.08. The number of Topliss-reactive ketones (excluding diaryl/α,β-unsaturated/α-hetero) is 1. The first-order valence-corrected chi connectivity index (χ1v) is 6.46. The van der Waals surface area contributed by atoms with Crippen molar-refractivity contribution in [2.45, 2.75) is 50.8 Å². The Bertz CT molecular complexity index is 397. The predicted octanol–water partition coefficient (Wildman–Crippen LogP) is 3.60. The van der Waals surface area contributed by atoms with E-state index in [1.54, 1.807) is 0 Å². The molecule has 3 rings (SSSR count). The topological polar surface area (TPSA) is 40.9 Å². The van der Waals surface area contributed by atoms with E-state index in [0.717, 1.165) is 25.7 Å². The molecule has 0 aromatic rings. The monoisotopic (exact) mass is 251 g/mol. The standard InChI is InChI=1S/C14H18ClNO/c1-12(2,5-3-4-6-16)7-11(17)13-8-14(15,9-13)10-13/h3-4H,5,7-10H2,1-2H3. The summed E-state index contributed by atoms with van der Waals surface area (Å²) in [7, 11) is 0. The minimum atomic E-state index is -0.0715. The van der Waals surface area contributed by atoms with Gasteiger partial charge in [-0.25, -0.2) is 0 Å². The summed E-state index contributed by atoms with van der Waals surface area (Å²) in [5.41, 5.74) is -0.128. The van der Waals surface area contributed by atoms with E-state index in [2.05, 4.69) is 13.8 Å². The maximum absolute atomic E-state index is 12.2. The first kappa shape index (κ1) is 12.6. The summed E-state index contributed by atoms with van der Waals surface area (Å²) in [6.07, 6.45) is 7.34. The van der Waals surface area contributed by atoms with Crippen LogP contribution in [-0.2, 0) is 4.79 Å². The lowest BCUT2D eigenvalue weighted by Crippen LogP contribution is -2.67. The Morgan fingerprint density at radius 3 is 2.53 bits per heavy atom. The summed E-state index contributed by atoms with van der Waals surface area (Å²) < 4.78 is 0. The molecule has 0 amide bonds. The number of nitrogens with zero attached hydrogens (tertiary/aromatic N) is 1. The van der Waals surface area contributed by atoms with E-state index in [0.29, 0.717) is 12.2 Å². The number of ketones is 1. The molecule has 0 radical (unpaired) electrons. The van der Waals surface area contributed by atoms with Gasteiger partial charge < -0.3 is 0 Å². The van der Waals surface area contributed by atoms with E-state index < -0.39 is 0 Å². The van der Waals surface area contributed by atoms with Crippen LogP contribution in [0.15, 0.2) is 12.2 Å². The van der Waals surface area contributed by atoms with E-state index in [-0.39, 0.29) is 15.7 Å². The molecular formula is C14H18ClNO. The fraction of sp³-hybridized carbons (Fsp3) is 0.714. The molecule has 0 spiro atoms. The molecule has 3 heteroatoms.